The largest absolute Gasteiger partial charge is 0.490 e. The van der Waals surface area contributed by atoms with Gasteiger partial charge in [-0.3, -0.25) is 4.98 Å². The Morgan fingerprint density at radius 2 is 1.64 bits per heavy atom. The maximum Gasteiger partial charge on any atom is 0.129 e. The third kappa shape index (κ3) is 4.15. The fourth-order valence-corrected chi connectivity index (χ4v) is 4.67. The lowest BCUT2D eigenvalue weighted by Crippen LogP contribution is -2.16. The summed E-state index contributed by atoms with van der Waals surface area (Å²) in [5.41, 5.74) is 5.74. The Balaban J connectivity index is 1.59. The minimum atomic E-state index is 0.241. The van der Waals surface area contributed by atoms with Crippen LogP contribution in [0.15, 0.2) is 61.1 Å². The highest BCUT2D eigenvalue weighted by molar-refractivity contribution is 6.20. The molecule has 0 saturated carbocycles. The van der Waals surface area contributed by atoms with E-state index in [1.165, 1.54) is 19.3 Å². The predicted molar refractivity (Wildman–Crippen MR) is 136 cm³/mol. The Morgan fingerprint density at radius 3 is 2.48 bits per heavy atom. The molecular formula is C28H30N4O. The molecule has 2 aromatic carbocycles. The first-order chi connectivity index (χ1) is 16.3. The molecule has 0 aliphatic heterocycles. The molecule has 1 N–H and O–H groups in total. The molecular weight excluding hydrogens is 408 g/mol. The van der Waals surface area contributed by atoms with Crippen molar-refractivity contribution in [2.45, 2.75) is 58.5 Å². The summed E-state index contributed by atoms with van der Waals surface area (Å²) in [7, 11) is 0. The molecule has 1 atom stereocenters. The van der Waals surface area contributed by atoms with Crippen molar-refractivity contribution in [1.29, 1.82) is 0 Å². The number of aromatic amines is 1. The van der Waals surface area contributed by atoms with E-state index in [4.69, 9.17) is 4.74 Å². The third-order valence-electron chi connectivity index (χ3n) is 6.31. The Bertz CT molecular complexity index is 1390. The highest BCUT2D eigenvalue weighted by atomic mass is 16.5. The van der Waals surface area contributed by atoms with Crippen molar-refractivity contribution < 1.29 is 4.74 Å². The summed E-state index contributed by atoms with van der Waals surface area (Å²) < 4.78 is 6.59. The van der Waals surface area contributed by atoms with Crippen molar-refractivity contribution in [1.82, 2.24) is 19.9 Å². The Kier molecular flexibility index (Phi) is 6.20. The number of unbranched alkanes of at least 4 members (excludes halogenated alkanes) is 2. The molecule has 5 nitrogen and oxygen atoms in total. The summed E-state index contributed by atoms with van der Waals surface area (Å²) >= 11 is 0. The quantitative estimate of drug-likeness (QED) is 0.192. The molecule has 0 aliphatic rings. The number of pyridine rings is 2. The van der Waals surface area contributed by atoms with E-state index in [1.54, 1.807) is 6.33 Å². The van der Waals surface area contributed by atoms with Crippen LogP contribution in [0.4, 0.5) is 0 Å². The third-order valence-corrected chi connectivity index (χ3v) is 6.31. The number of nitrogens with zero attached hydrogens (tertiary/aromatic N) is 3. The van der Waals surface area contributed by atoms with Crippen LogP contribution in [0.2, 0.25) is 0 Å². The molecule has 0 bridgehead atoms. The number of imidazole rings is 1. The van der Waals surface area contributed by atoms with Crippen LogP contribution in [0.3, 0.4) is 0 Å². The van der Waals surface area contributed by atoms with E-state index in [0.717, 1.165) is 69.1 Å². The van der Waals surface area contributed by atoms with E-state index in [0.29, 0.717) is 0 Å². The second kappa shape index (κ2) is 9.57. The molecule has 0 aliphatic carbocycles. The van der Waals surface area contributed by atoms with Gasteiger partial charge in [-0.15, -0.1) is 0 Å². The fourth-order valence-electron chi connectivity index (χ4n) is 4.67. The Morgan fingerprint density at radius 1 is 0.788 bits per heavy atom. The van der Waals surface area contributed by atoms with Gasteiger partial charge in [0.25, 0.3) is 0 Å². The van der Waals surface area contributed by atoms with E-state index in [-0.39, 0.29) is 6.10 Å². The van der Waals surface area contributed by atoms with Gasteiger partial charge in [0, 0.05) is 28.2 Å². The fraction of sp³-hybridized carbons (Fsp3) is 0.321. The summed E-state index contributed by atoms with van der Waals surface area (Å²) in [6.45, 7) is 4.47. The molecule has 168 valence electrons. The highest BCUT2D eigenvalue weighted by Gasteiger charge is 2.16. The van der Waals surface area contributed by atoms with E-state index < -0.39 is 0 Å². The zero-order valence-electron chi connectivity index (χ0n) is 19.3. The number of H-pyrrole nitrogens is 1. The monoisotopic (exact) mass is 438 g/mol. The van der Waals surface area contributed by atoms with Gasteiger partial charge in [0.2, 0.25) is 0 Å². The number of benzene rings is 2. The van der Waals surface area contributed by atoms with Crippen molar-refractivity contribution in [2.24, 2.45) is 0 Å². The minimum Gasteiger partial charge on any atom is -0.490 e. The van der Waals surface area contributed by atoms with Crippen molar-refractivity contribution in [3.05, 3.63) is 61.1 Å². The standard InChI is InChI=1S/C28H30N4O/c1-3-5-6-11-19(10-4-2)33-24-14-8-7-12-20(24)23-16-15-22-26-25(30-18-31-26)21-13-9-17-29-27(21)28(22)32-23/h7-9,12-19,32H,3-6,10-11H2,1-2H3. The molecule has 0 radical (unpaired) electrons. The number of para-hydroxylation sites is 1. The molecule has 33 heavy (non-hydrogen) atoms. The topological polar surface area (TPSA) is 63.7 Å². The summed E-state index contributed by atoms with van der Waals surface area (Å²) in [6, 6.07) is 16.6. The molecule has 0 amide bonds. The first-order valence-electron chi connectivity index (χ1n) is 12.1. The van der Waals surface area contributed by atoms with Gasteiger partial charge < -0.3 is 9.72 Å². The normalized spacial score (nSPS) is 12.5. The SMILES string of the molecule is CCCCCC(CCC)Oc1ccccc1-c1ccc2c3ncnc3c3cccnc3c2[nH]1. The second-order valence-electron chi connectivity index (χ2n) is 8.65. The van der Waals surface area contributed by atoms with Crippen molar-refractivity contribution in [3.8, 4) is 17.0 Å². The average Bonchev–Trinajstić information content (AvgIpc) is 3.35. The number of aromatic nitrogens is 4. The molecule has 5 rings (SSSR count). The van der Waals surface area contributed by atoms with Crippen LogP contribution in [-0.2, 0) is 0 Å². The summed E-state index contributed by atoms with van der Waals surface area (Å²) in [5, 5.41) is 2.04. The predicted octanol–water partition coefficient (Wildman–Crippen LogP) is 7.45. The molecule has 5 aromatic rings. The average molecular weight is 439 g/mol. The Hall–Kier alpha value is -3.47. The van der Waals surface area contributed by atoms with Gasteiger partial charge in [-0.1, -0.05) is 45.2 Å². The van der Waals surface area contributed by atoms with Crippen LogP contribution >= 0.6 is 0 Å². The van der Waals surface area contributed by atoms with Gasteiger partial charge in [-0.25, -0.2) is 9.97 Å². The van der Waals surface area contributed by atoms with Crippen molar-refractivity contribution in [2.75, 3.05) is 0 Å². The molecule has 0 saturated heterocycles. The first kappa shape index (κ1) is 21.4. The molecule has 0 fully saturated rings. The van der Waals surface area contributed by atoms with Crippen LogP contribution in [0, 0.1) is 0 Å². The van der Waals surface area contributed by atoms with Gasteiger partial charge >= 0.3 is 0 Å². The van der Waals surface area contributed by atoms with E-state index in [9.17, 15) is 0 Å². The second-order valence-corrected chi connectivity index (χ2v) is 8.65. The minimum absolute atomic E-state index is 0.241. The number of nitrogens with one attached hydrogen (secondary N) is 1. The van der Waals surface area contributed by atoms with Gasteiger partial charge in [0.05, 0.1) is 17.1 Å². The number of hydrogen-bond donors (Lipinski definition) is 1. The summed E-state index contributed by atoms with van der Waals surface area (Å²) in [4.78, 5) is 17.4. The zero-order chi connectivity index (χ0) is 22.6. The molecule has 0 spiro atoms. The number of rotatable bonds is 9. The van der Waals surface area contributed by atoms with Crippen molar-refractivity contribution >= 4 is 32.8 Å². The van der Waals surface area contributed by atoms with Crippen LogP contribution in [0.1, 0.15) is 52.4 Å². The first-order valence-corrected chi connectivity index (χ1v) is 12.1. The molecule has 3 heterocycles. The lowest BCUT2D eigenvalue weighted by Gasteiger charge is -2.21. The van der Waals surface area contributed by atoms with Crippen LogP contribution in [0.25, 0.3) is 44.1 Å². The lowest BCUT2D eigenvalue weighted by molar-refractivity contribution is 0.177. The maximum atomic E-state index is 6.59. The van der Waals surface area contributed by atoms with Gasteiger partial charge in [-0.05, 0) is 55.7 Å². The van der Waals surface area contributed by atoms with Gasteiger partial charge in [0.15, 0.2) is 0 Å². The van der Waals surface area contributed by atoms with Crippen LogP contribution in [0.5, 0.6) is 5.75 Å². The van der Waals surface area contributed by atoms with Crippen LogP contribution in [-0.4, -0.2) is 26.0 Å². The number of fused-ring (bicyclic) bond motifs is 6. The maximum absolute atomic E-state index is 6.59. The number of ether oxygens (including phenoxy) is 1. The molecule has 5 heteroatoms. The van der Waals surface area contributed by atoms with E-state index in [2.05, 4.69) is 76.2 Å². The molecule has 3 aromatic heterocycles. The summed E-state index contributed by atoms with van der Waals surface area (Å²) in [6.07, 6.45) is 10.7. The van der Waals surface area contributed by atoms with Crippen molar-refractivity contribution in [3.63, 3.8) is 0 Å². The zero-order valence-corrected chi connectivity index (χ0v) is 19.3. The van der Waals surface area contributed by atoms with E-state index in [1.807, 2.05) is 12.3 Å². The lowest BCUT2D eigenvalue weighted by atomic mass is 10.0. The smallest absolute Gasteiger partial charge is 0.129 e. The van der Waals surface area contributed by atoms with E-state index >= 15 is 0 Å². The van der Waals surface area contributed by atoms with Crippen LogP contribution < -0.4 is 4.74 Å². The van der Waals surface area contributed by atoms with Gasteiger partial charge in [-0.2, -0.15) is 0 Å². The molecule has 1 unspecified atom stereocenters. The number of hydrogen-bond acceptors (Lipinski definition) is 4. The summed E-state index contributed by atoms with van der Waals surface area (Å²) in [5.74, 6) is 0.925. The highest BCUT2D eigenvalue weighted by Crippen LogP contribution is 2.35. The van der Waals surface area contributed by atoms with Gasteiger partial charge in [0.1, 0.15) is 23.1 Å². The Labute approximate surface area is 194 Å².